The van der Waals surface area contributed by atoms with Crippen LogP contribution < -0.4 is 15.4 Å². The Morgan fingerprint density at radius 1 is 1.53 bits per heavy atom. The van der Waals surface area contributed by atoms with Crippen molar-refractivity contribution in [1.29, 1.82) is 0 Å². The minimum absolute atomic E-state index is 0.308. The van der Waals surface area contributed by atoms with Crippen molar-refractivity contribution in [1.82, 2.24) is 4.98 Å². The molecule has 17 heavy (non-hydrogen) atoms. The fourth-order valence-corrected chi connectivity index (χ4v) is 1.40. The van der Waals surface area contributed by atoms with Gasteiger partial charge in [0.1, 0.15) is 5.82 Å². The first kappa shape index (κ1) is 13.6. The average molecular weight is 239 g/mol. The highest BCUT2D eigenvalue weighted by molar-refractivity contribution is 5.54. The topological polar surface area (TPSA) is 71.6 Å². The van der Waals surface area contributed by atoms with Crippen LogP contribution in [-0.2, 0) is 0 Å². The van der Waals surface area contributed by atoms with Gasteiger partial charge in [-0.25, -0.2) is 0 Å². The molecule has 1 rings (SSSR count). The van der Waals surface area contributed by atoms with Gasteiger partial charge in [-0.2, -0.15) is 4.98 Å². The van der Waals surface area contributed by atoms with E-state index in [1.807, 2.05) is 24.9 Å². The zero-order valence-electron chi connectivity index (χ0n) is 10.7. The van der Waals surface area contributed by atoms with E-state index in [0.717, 1.165) is 12.4 Å². The van der Waals surface area contributed by atoms with E-state index >= 15 is 0 Å². The van der Waals surface area contributed by atoms with Crippen LogP contribution >= 0.6 is 0 Å². The second-order valence-electron chi connectivity index (χ2n) is 4.06. The molecule has 5 nitrogen and oxygen atoms in total. The summed E-state index contributed by atoms with van der Waals surface area (Å²) in [5.41, 5.74) is 6.29. The van der Waals surface area contributed by atoms with E-state index in [-0.39, 0.29) is 6.10 Å². The number of aliphatic hydroxyl groups is 1. The molecule has 5 heteroatoms. The van der Waals surface area contributed by atoms with Gasteiger partial charge in [0.05, 0.1) is 18.4 Å². The van der Waals surface area contributed by atoms with Crippen molar-refractivity contribution in [3.63, 3.8) is 0 Å². The van der Waals surface area contributed by atoms with Crippen LogP contribution in [0.25, 0.3) is 0 Å². The zero-order chi connectivity index (χ0) is 12.8. The minimum atomic E-state index is -0.308. The quantitative estimate of drug-likeness (QED) is 0.782. The zero-order valence-corrected chi connectivity index (χ0v) is 10.7. The summed E-state index contributed by atoms with van der Waals surface area (Å²) in [6.45, 7) is 4.94. The summed E-state index contributed by atoms with van der Waals surface area (Å²) in [7, 11) is 1.93. The maximum absolute atomic E-state index is 9.24. The predicted molar refractivity (Wildman–Crippen MR) is 69.4 cm³/mol. The summed E-state index contributed by atoms with van der Waals surface area (Å²) in [6.07, 6.45) is 0.393. The minimum Gasteiger partial charge on any atom is -0.476 e. The first-order valence-corrected chi connectivity index (χ1v) is 5.83. The molecule has 0 fully saturated rings. The summed E-state index contributed by atoms with van der Waals surface area (Å²) in [5, 5.41) is 9.24. The molecule has 1 aromatic rings. The van der Waals surface area contributed by atoms with Crippen LogP contribution in [0, 0.1) is 0 Å². The SMILES string of the molecule is CCOc1nc(N(C)CCC(C)O)ccc1N. The molecule has 0 radical (unpaired) electrons. The highest BCUT2D eigenvalue weighted by Gasteiger charge is 2.08. The number of anilines is 2. The smallest absolute Gasteiger partial charge is 0.239 e. The molecule has 1 aromatic heterocycles. The molecule has 0 aliphatic carbocycles. The van der Waals surface area contributed by atoms with Gasteiger partial charge in [0, 0.05) is 13.6 Å². The van der Waals surface area contributed by atoms with Crippen molar-refractivity contribution < 1.29 is 9.84 Å². The van der Waals surface area contributed by atoms with E-state index in [4.69, 9.17) is 10.5 Å². The number of nitrogens with two attached hydrogens (primary N) is 1. The fraction of sp³-hybridized carbons (Fsp3) is 0.583. The van der Waals surface area contributed by atoms with Crippen LogP contribution in [0.1, 0.15) is 20.3 Å². The first-order valence-electron chi connectivity index (χ1n) is 5.83. The molecule has 1 unspecified atom stereocenters. The maximum atomic E-state index is 9.24. The number of aromatic nitrogens is 1. The standard InChI is InChI=1S/C12H21N3O2/c1-4-17-12-10(13)5-6-11(14-12)15(3)8-7-9(2)16/h5-6,9,16H,4,7-8,13H2,1-3H3. The summed E-state index contributed by atoms with van der Waals surface area (Å²) < 4.78 is 5.34. The van der Waals surface area contributed by atoms with Gasteiger partial charge in [0.15, 0.2) is 0 Å². The largest absolute Gasteiger partial charge is 0.476 e. The van der Waals surface area contributed by atoms with Gasteiger partial charge >= 0.3 is 0 Å². The van der Waals surface area contributed by atoms with Crippen molar-refractivity contribution >= 4 is 11.5 Å². The molecule has 0 spiro atoms. The molecule has 0 aliphatic rings. The summed E-state index contributed by atoms with van der Waals surface area (Å²) in [6, 6.07) is 3.63. The predicted octanol–water partition coefficient (Wildman–Crippen LogP) is 1.27. The second kappa shape index (κ2) is 6.30. The lowest BCUT2D eigenvalue weighted by atomic mass is 10.2. The highest BCUT2D eigenvalue weighted by Crippen LogP contribution is 2.22. The summed E-state index contributed by atoms with van der Waals surface area (Å²) >= 11 is 0. The van der Waals surface area contributed by atoms with E-state index in [2.05, 4.69) is 4.98 Å². The summed E-state index contributed by atoms with van der Waals surface area (Å²) in [4.78, 5) is 6.30. The number of ether oxygens (including phenoxy) is 1. The van der Waals surface area contributed by atoms with Crippen LogP contribution in [0.5, 0.6) is 5.88 Å². The molecule has 1 heterocycles. The molecular formula is C12H21N3O2. The molecule has 0 bridgehead atoms. The molecule has 0 saturated heterocycles. The number of nitrogen functional groups attached to an aromatic ring is 1. The van der Waals surface area contributed by atoms with Crippen molar-refractivity contribution in [2.45, 2.75) is 26.4 Å². The van der Waals surface area contributed by atoms with E-state index in [1.54, 1.807) is 13.0 Å². The third-order valence-corrected chi connectivity index (χ3v) is 2.43. The Balaban J connectivity index is 2.73. The normalized spacial score (nSPS) is 12.2. The van der Waals surface area contributed by atoms with Crippen LogP contribution in [0.3, 0.4) is 0 Å². The molecule has 0 saturated carbocycles. The van der Waals surface area contributed by atoms with Crippen molar-refractivity contribution in [2.24, 2.45) is 0 Å². The lowest BCUT2D eigenvalue weighted by Crippen LogP contribution is -2.23. The van der Waals surface area contributed by atoms with Crippen LogP contribution in [0.15, 0.2) is 12.1 Å². The van der Waals surface area contributed by atoms with Gasteiger partial charge in [0.25, 0.3) is 0 Å². The Labute approximate surface area is 102 Å². The Kier molecular flexibility index (Phi) is 5.03. The Morgan fingerprint density at radius 3 is 2.82 bits per heavy atom. The lowest BCUT2D eigenvalue weighted by Gasteiger charge is -2.20. The number of hydrogen-bond acceptors (Lipinski definition) is 5. The number of hydrogen-bond donors (Lipinski definition) is 2. The first-order chi connectivity index (χ1) is 8.04. The van der Waals surface area contributed by atoms with Crippen molar-refractivity contribution in [3.8, 4) is 5.88 Å². The molecule has 3 N–H and O–H groups in total. The van der Waals surface area contributed by atoms with Crippen molar-refractivity contribution in [3.05, 3.63) is 12.1 Å². The molecule has 96 valence electrons. The summed E-state index contributed by atoms with van der Waals surface area (Å²) in [5.74, 6) is 1.26. The Morgan fingerprint density at radius 2 is 2.24 bits per heavy atom. The highest BCUT2D eigenvalue weighted by atomic mass is 16.5. The van der Waals surface area contributed by atoms with E-state index in [0.29, 0.717) is 24.6 Å². The number of rotatable bonds is 6. The molecule has 0 aromatic carbocycles. The Hall–Kier alpha value is -1.49. The van der Waals surface area contributed by atoms with Crippen LogP contribution in [-0.4, -0.2) is 36.4 Å². The van der Waals surface area contributed by atoms with Crippen LogP contribution in [0.4, 0.5) is 11.5 Å². The molecule has 0 amide bonds. The molecule has 0 aliphatic heterocycles. The van der Waals surface area contributed by atoms with Gasteiger partial charge in [-0.15, -0.1) is 0 Å². The van der Waals surface area contributed by atoms with Crippen molar-refractivity contribution in [2.75, 3.05) is 30.8 Å². The van der Waals surface area contributed by atoms with Gasteiger partial charge in [-0.05, 0) is 32.4 Å². The molecule has 1 atom stereocenters. The van der Waals surface area contributed by atoms with Gasteiger partial charge in [0.2, 0.25) is 5.88 Å². The number of pyridine rings is 1. The van der Waals surface area contributed by atoms with E-state index in [9.17, 15) is 5.11 Å². The second-order valence-corrected chi connectivity index (χ2v) is 4.06. The third kappa shape index (κ3) is 4.11. The van der Waals surface area contributed by atoms with Crippen LogP contribution in [0.2, 0.25) is 0 Å². The fourth-order valence-electron chi connectivity index (χ4n) is 1.40. The number of nitrogens with zero attached hydrogens (tertiary/aromatic N) is 2. The monoisotopic (exact) mass is 239 g/mol. The lowest BCUT2D eigenvalue weighted by molar-refractivity contribution is 0.187. The van der Waals surface area contributed by atoms with Gasteiger partial charge in [-0.1, -0.05) is 0 Å². The third-order valence-electron chi connectivity index (χ3n) is 2.43. The number of aliphatic hydroxyl groups excluding tert-OH is 1. The van der Waals surface area contributed by atoms with E-state index < -0.39 is 0 Å². The van der Waals surface area contributed by atoms with E-state index in [1.165, 1.54) is 0 Å². The Bertz CT molecular complexity index is 356. The van der Waals surface area contributed by atoms with Gasteiger partial charge in [-0.3, -0.25) is 0 Å². The maximum Gasteiger partial charge on any atom is 0.239 e. The molecular weight excluding hydrogens is 218 g/mol. The van der Waals surface area contributed by atoms with Gasteiger partial charge < -0.3 is 20.5 Å². The average Bonchev–Trinajstić information content (AvgIpc) is 2.29.